The zero-order valence-corrected chi connectivity index (χ0v) is 25.0. The predicted molar refractivity (Wildman–Crippen MR) is 156 cm³/mol. The zero-order chi connectivity index (χ0) is 28.6. The molecule has 0 aliphatic carbocycles. The van der Waals surface area contributed by atoms with Crippen LogP contribution in [0.15, 0.2) is 82.2 Å². The molecule has 0 spiro atoms. The largest absolute Gasteiger partial charge is 0.492 e. The molecule has 1 unspecified atom stereocenters. The predicted octanol–water partition coefficient (Wildman–Crippen LogP) is 4.90. The van der Waals surface area contributed by atoms with Crippen LogP contribution in [-0.2, 0) is 26.2 Å². The Morgan fingerprint density at radius 1 is 1.00 bits per heavy atom. The average Bonchev–Trinajstić information content (AvgIpc) is 2.91. The van der Waals surface area contributed by atoms with Gasteiger partial charge in [0.1, 0.15) is 18.3 Å². The SMILES string of the molecule is CCNC(=O)C(C)N(Cc1cccc(Br)c1)C(=O)CN(c1ccccc1OCC)S(=O)(=O)c1ccc(C)cc1. The van der Waals surface area contributed by atoms with E-state index in [-0.39, 0.29) is 23.0 Å². The van der Waals surface area contributed by atoms with Crippen molar-refractivity contribution in [3.63, 3.8) is 0 Å². The number of hydrogen-bond donors (Lipinski definition) is 1. The van der Waals surface area contributed by atoms with E-state index in [4.69, 9.17) is 4.74 Å². The van der Waals surface area contributed by atoms with Crippen molar-refractivity contribution in [1.29, 1.82) is 0 Å². The Morgan fingerprint density at radius 2 is 1.69 bits per heavy atom. The van der Waals surface area contributed by atoms with Crippen molar-refractivity contribution in [3.8, 4) is 5.75 Å². The number of aryl methyl sites for hydroxylation is 1. The van der Waals surface area contributed by atoms with Crippen LogP contribution in [0.5, 0.6) is 5.75 Å². The summed E-state index contributed by atoms with van der Waals surface area (Å²) in [6, 6.07) is 19.7. The summed E-state index contributed by atoms with van der Waals surface area (Å²) in [6.45, 7) is 7.39. The lowest BCUT2D eigenvalue weighted by Gasteiger charge is -2.32. The number of likely N-dealkylation sites (N-methyl/N-ethyl adjacent to an activating group) is 1. The minimum absolute atomic E-state index is 0.0440. The van der Waals surface area contributed by atoms with Crippen LogP contribution in [0.3, 0.4) is 0 Å². The minimum atomic E-state index is -4.18. The lowest BCUT2D eigenvalue weighted by atomic mass is 10.1. The summed E-state index contributed by atoms with van der Waals surface area (Å²) in [5.74, 6) is -0.530. The number of sulfonamides is 1. The Morgan fingerprint density at radius 3 is 2.33 bits per heavy atom. The lowest BCUT2D eigenvalue weighted by Crippen LogP contribution is -2.51. The molecule has 10 heteroatoms. The normalized spacial score (nSPS) is 11.9. The molecular formula is C29H34BrN3O5S. The summed E-state index contributed by atoms with van der Waals surface area (Å²) < 4.78 is 35.6. The number of halogens is 1. The van der Waals surface area contributed by atoms with Gasteiger partial charge in [-0.25, -0.2) is 8.42 Å². The molecule has 0 radical (unpaired) electrons. The Bertz CT molecular complexity index is 1400. The van der Waals surface area contributed by atoms with E-state index in [9.17, 15) is 18.0 Å². The molecule has 2 amide bonds. The van der Waals surface area contributed by atoms with E-state index in [1.165, 1.54) is 17.0 Å². The molecule has 0 saturated carbocycles. The maximum atomic E-state index is 14.0. The van der Waals surface area contributed by atoms with Crippen LogP contribution >= 0.6 is 15.9 Å². The van der Waals surface area contributed by atoms with Crippen LogP contribution < -0.4 is 14.4 Å². The van der Waals surface area contributed by atoms with E-state index in [2.05, 4.69) is 21.2 Å². The van der Waals surface area contributed by atoms with Gasteiger partial charge in [0.25, 0.3) is 10.0 Å². The molecule has 208 valence electrons. The maximum Gasteiger partial charge on any atom is 0.264 e. The fraction of sp³-hybridized carbons (Fsp3) is 0.310. The first-order valence-corrected chi connectivity index (χ1v) is 14.9. The zero-order valence-electron chi connectivity index (χ0n) is 22.6. The fourth-order valence-corrected chi connectivity index (χ4v) is 5.90. The number of benzene rings is 3. The Balaban J connectivity index is 2.08. The van der Waals surface area contributed by atoms with Gasteiger partial charge in [-0.15, -0.1) is 0 Å². The van der Waals surface area contributed by atoms with Crippen molar-refractivity contribution < 1.29 is 22.7 Å². The molecule has 0 saturated heterocycles. The van der Waals surface area contributed by atoms with Crippen LogP contribution in [0.4, 0.5) is 5.69 Å². The van der Waals surface area contributed by atoms with E-state index < -0.39 is 28.5 Å². The van der Waals surface area contributed by atoms with Crippen LogP contribution in [0, 0.1) is 6.92 Å². The second kappa shape index (κ2) is 13.6. The van der Waals surface area contributed by atoms with Crippen molar-refractivity contribution in [1.82, 2.24) is 10.2 Å². The summed E-state index contributed by atoms with van der Waals surface area (Å²) >= 11 is 3.45. The standard InChI is InChI=1S/C29H34BrN3O5S/c1-5-31-29(35)22(4)32(19-23-10-9-11-24(30)18-23)28(34)20-33(26-12-7-8-13-27(26)38-6-2)39(36,37)25-16-14-21(3)15-17-25/h7-18,22H,5-6,19-20H2,1-4H3,(H,31,35). The second-order valence-electron chi connectivity index (χ2n) is 8.95. The molecule has 0 aromatic heterocycles. The third kappa shape index (κ3) is 7.60. The van der Waals surface area contributed by atoms with Gasteiger partial charge >= 0.3 is 0 Å². The number of amides is 2. The molecule has 0 bridgehead atoms. The fourth-order valence-electron chi connectivity index (χ4n) is 4.03. The van der Waals surface area contributed by atoms with Crippen LogP contribution in [0.25, 0.3) is 0 Å². The first kappa shape index (κ1) is 30.2. The third-order valence-electron chi connectivity index (χ3n) is 6.08. The van der Waals surface area contributed by atoms with E-state index in [0.717, 1.165) is 19.9 Å². The Kier molecular flexibility index (Phi) is 10.5. The van der Waals surface area contributed by atoms with Crippen molar-refractivity contribution >= 4 is 43.5 Å². The van der Waals surface area contributed by atoms with Crippen LogP contribution in [-0.4, -0.2) is 50.9 Å². The highest BCUT2D eigenvalue weighted by Crippen LogP contribution is 2.33. The van der Waals surface area contributed by atoms with Crippen LogP contribution in [0.2, 0.25) is 0 Å². The molecule has 1 atom stereocenters. The topological polar surface area (TPSA) is 96.0 Å². The van der Waals surface area contributed by atoms with Crippen LogP contribution in [0.1, 0.15) is 31.9 Å². The molecule has 39 heavy (non-hydrogen) atoms. The summed E-state index contributed by atoms with van der Waals surface area (Å²) in [5.41, 5.74) is 1.93. The molecule has 8 nitrogen and oxygen atoms in total. The second-order valence-corrected chi connectivity index (χ2v) is 11.7. The monoisotopic (exact) mass is 615 g/mol. The molecule has 3 aromatic rings. The summed E-state index contributed by atoms with van der Waals surface area (Å²) in [4.78, 5) is 28.2. The number of nitrogens with one attached hydrogen (secondary N) is 1. The number of carbonyl (C=O) groups excluding carboxylic acids is 2. The molecule has 1 N–H and O–H groups in total. The Hall–Kier alpha value is -3.37. The first-order valence-electron chi connectivity index (χ1n) is 12.7. The van der Waals surface area contributed by atoms with Gasteiger partial charge in [0.15, 0.2) is 0 Å². The molecule has 3 aromatic carbocycles. The van der Waals surface area contributed by atoms with Gasteiger partial charge in [-0.3, -0.25) is 13.9 Å². The van der Waals surface area contributed by atoms with Crippen molar-refractivity contribution in [2.75, 3.05) is 24.0 Å². The van der Waals surface area contributed by atoms with E-state index >= 15 is 0 Å². The van der Waals surface area contributed by atoms with E-state index in [1.807, 2.05) is 31.2 Å². The molecule has 0 heterocycles. The quantitative estimate of drug-likeness (QED) is 0.312. The van der Waals surface area contributed by atoms with Gasteiger partial charge in [0.05, 0.1) is 17.2 Å². The van der Waals surface area contributed by atoms with Gasteiger partial charge in [-0.05, 0) is 69.7 Å². The smallest absolute Gasteiger partial charge is 0.264 e. The van der Waals surface area contributed by atoms with Crippen molar-refractivity contribution in [2.45, 2.75) is 45.2 Å². The minimum Gasteiger partial charge on any atom is -0.492 e. The van der Waals surface area contributed by atoms with Gasteiger partial charge in [0.2, 0.25) is 11.8 Å². The van der Waals surface area contributed by atoms with Gasteiger partial charge in [-0.1, -0.05) is 57.9 Å². The number of hydrogen-bond acceptors (Lipinski definition) is 5. The van der Waals surface area contributed by atoms with Gasteiger partial charge in [0, 0.05) is 17.6 Å². The number of ether oxygens (including phenoxy) is 1. The summed E-state index contributed by atoms with van der Waals surface area (Å²) in [5, 5.41) is 2.76. The molecule has 0 aliphatic heterocycles. The van der Waals surface area contributed by atoms with E-state index in [0.29, 0.717) is 18.9 Å². The number of para-hydroxylation sites is 2. The average molecular weight is 617 g/mol. The number of anilines is 1. The Labute approximate surface area is 239 Å². The van der Waals surface area contributed by atoms with Gasteiger partial charge in [-0.2, -0.15) is 0 Å². The van der Waals surface area contributed by atoms with Gasteiger partial charge < -0.3 is 15.0 Å². The number of carbonyl (C=O) groups is 2. The third-order valence-corrected chi connectivity index (χ3v) is 8.35. The molecule has 0 aliphatic rings. The molecule has 3 rings (SSSR count). The molecular weight excluding hydrogens is 582 g/mol. The highest BCUT2D eigenvalue weighted by molar-refractivity contribution is 9.10. The molecule has 0 fully saturated rings. The summed E-state index contributed by atoms with van der Waals surface area (Å²) in [6.07, 6.45) is 0. The lowest BCUT2D eigenvalue weighted by molar-refractivity contribution is -0.139. The van der Waals surface area contributed by atoms with Crippen molar-refractivity contribution in [3.05, 3.63) is 88.4 Å². The van der Waals surface area contributed by atoms with Crippen molar-refractivity contribution in [2.24, 2.45) is 0 Å². The highest BCUT2D eigenvalue weighted by atomic mass is 79.9. The first-order chi connectivity index (χ1) is 18.6. The number of rotatable bonds is 12. The maximum absolute atomic E-state index is 14.0. The van der Waals surface area contributed by atoms with E-state index in [1.54, 1.807) is 57.2 Å². The number of nitrogens with zero attached hydrogens (tertiary/aromatic N) is 2. The summed E-state index contributed by atoms with van der Waals surface area (Å²) in [7, 11) is -4.18. The highest BCUT2D eigenvalue weighted by Gasteiger charge is 2.33.